The van der Waals surface area contributed by atoms with E-state index in [1.165, 1.54) is 16.4 Å². The molecule has 1 aromatic carbocycles. The maximum Gasteiger partial charge on any atom is 0.243 e. The zero-order valence-electron chi connectivity index (χ0n) is 12.3. The van der Waals surface area contributed by atoms with Crippen molar-refractivity contribution in [3.8, 4) is 0 Å². The van der Waals surface area contributed by atoms with Crippen molar-refractivity contribution in [3.05, 3.63) is 41.7 Å². The summed E-state index contributed by atoms with van der Waals surface area (Å²) in [6.45, 7) is 5.14. The van der Waals surface area contributed by atoms with Gasteiger partial charge in [-0.3, -0.25) is 0 Å². The molecule has 0 unspecified atom stereocenters. The number of hydrogen-bond acceptors (Lipinski definition) is 3. The Hall–Kier alpha value is -1.24. The van der Waals surface area contributed by atoms with Crippen LogP contribution in [-0.2, 0) is 16.6 Å². The molecule has 0 fully saturated rings. The average molecular weight is 312 g/mol. The van der Waals surface area contributed by atoms with E-state index in [4.69, 9.17) is 0 Å². The third kappa shape index (κ3) is 3.90. The average Bonchev–Trinajstić information content (AvgIpc) is 2.46. The Morgan fingerprint density at radius 2 is 2.10 bits per heavy atom. The number of rotatable bonds is 5. The number of nitrogens with one attached hydrogen (secondary N) is 1. The highest BCUT2D eigenvalue weighted by Crippen LogP contribution is 2.23. The van der Waals surface area contributed by atoms with Crippen LogP contribution in [0.5, 0.6) is 0 Å². The maximum absolute atomic E-state index is 13.5. The summed E-state index contributed by atoms with van der Waals surface area (Å²) in [5, 5.41) is 3.18. The summed E-state index contributed by atoms with van der Waals surface area (Å²) in [6.07, 6.45) is 4.47. The molecule has 0 atom stereocenters. The molecule has 0 saturated heterocycles. The molecule has 2 rings (SSSR count). The first kappa shape index (κ1) is 16.1. The van der Waals surface area contributed by atoms with E-state index >= 15 is 0 Å². The summed E-state index contributed by atoms with van der Waals surface area (Å²) in [7, 11) is -3.66. The highest BCUT2D eigenvalue weighted by molar-refractivity contribution is 7.89. The molecule has 0 saturated carbocycles. The van der Waals surface area contributed by atoms with Gasteiger partial charge in [0.2, 0.25) is 10.0 Å². The fourth-order valence-corrected chi connectivity index (χ4v) is 3.85. The predicted molar refractivity (Wildman–Crippen MR) is 80.9 cm³/mol. The van der Waals surface area contributed by atoms with Crippen LogP contribution in [0.4, 0.5) is 4.39 Å². The van der Waals surface area contributed by atoms with Crippen molar-refractivity contribution >= 4 is 10.0 Å². The van der Waals surface area contributed by atoms with E-state index < -0.39 is 15.8 Å². The molecular formula is C15H21FN2O2S. The van der Waals surface area contributed by atoms with Gasteiger partial charge in [0.1, 0.15) is 5.82 Å². The number of nitrogens with zero attached hydrogens (tertiary/aromatic N) is 1. The van der Waals surface area contributed by atoms with Crippen LogP contribution < -0.4 is 5.32 Å². The van der Waals surface area contributed by atoms with Gasteiger partial charge in [-0.25, -0.2) is 12.8 Å². The van der Waals surface area contributed by atoms with Gasteiger partial charge in [-0.2, -0.15) is 4.31 Å². The molecular weight excluding hydrogens is 291 g/mol. The van der Waals surface area contributed by atoms with Crippen LogP contribution in [0.1, 0.15) is 25.8 Å². The second-order valence-corrected chi connectivity index (χ2v) is 7.32. The van der Waals surface area contributed by atoms with E-state index in [1.807, 2.05) is 26.0 Å². The van der Waals surface area contributed by atoms with E-state index in [0.717, 1.165) is 6.07 Å². The molecule has 0 aliphatic carbocycles. The van der Waals surface area contributed by atoms with Crippen LogP contribution in [-0.4, -0.2) is 31.9 Å². The summed E-state index contributed by atoms with van der Waals surface area (Å²) < 4.78 is 40.3. The summed E-state index contributed by atoms with van der Waals surface area (Å²) in [4.78, 5) is 0.0611. The van der Waals surface area contributed by atoms with Gasteiger partial charge >= 0.3 is 0 Å². The Balaban J connectivity index is 2.36. The van der Waals surface area contributed by atoms with Crippen molar-refractivity contribution in [1.82, 2.24) is 9.62 Å². The standard InChI is InChI=1S/C15H21FN2O2S/c1-12(2)17-11-13-6-7-14(16)10-15(13)21(19,20)18-8-4-3-5-9-18/h3-4,6-7,10,12,17H,5,8-9,11H2,1-2H3. The minimum absolute atomic E-state index is 0.0611. The van der Waals surface area contributed by atoms with Crippen LogP contribution in [0.15, 0.2) is 35.2 Å². The molecule has 0 aromatic heterocycles. The normalized spacial score (nSPS) is 16.6. The summed E-state index contributed by atoms with van der Waals surface area (Å²) in [5.41, 5.74) is 0.597. The lowest BCUT2D eigenvalue weighted by molar-refractivity contribution is 0.435. The first-order valence-corrected chi connectivity index (χ1v) is 8.52. The highest BCUT2D eigenvalue weighted by Gasteiger charge is 2.27. The van der Waals surface area contributed by atoms with E-state index in [-0.39, 0.29) is 10.9 Å². The molecule has 1 heterocycles. The molecule has 0 amide bonds. The second-order valence-electron chi connectivity index (χ2n) is 5.41. The molecule has 1 N–H and O–H groups in total. The van der Waals surface area contributed by atoms with Crippen molar-refractivity contribution in [1.29, 1.82) is 0 Å². The molecule has 4 nitrogen and oxygen atoms in total. The van der Waals surface area contributed by atoms with Gasteiger partial charge < -0.3 is 5.32 Å². The molecule has 116 valence electrons. The van der Waals surface area contributed by atoms with Gasteiger partial charge in [0.15, 0.2) is 0 Å². The van der Waals surface area contributed by atoms with E-state index in [2.05, 4.69) is 5.32 Å². The number of benzene rings is 1. The zero-order valence-corrected chi connectivity index (χ0v) is 13.2. The number of halogens is 1. The number of sulfonamides is 1. The van der Waals surface area contributed by atoms with Crippen LogP contribution in [0.3, 0.4) is 0 Å². The number of hydrogen-bond donors (Lipinski definition) is 1. The molecule has 0 bridgehead atoms. The van der Waals surface area contributed by atoms with Crippen LogP contribution in [0.2, 0.25) is 0 Å². The lowest BCUT2D eigenvalue weighted by Gasteiger charge is -2.24. The molecule has 21 heavy (non-hydrogen) atoms. The molecule has 0 radical (unpaired) electrons. The summed E-state index contributed by atoms with van der Waals surface area (Å²) >= 11 is 0. The SMILES string of the molecule is CC(C)NCc1ccc(F)cc1S(=O)(=O)N1CC=CCC1. The fraction of sp³-hybridized carbons (Fsp3) is 0.467. The smallest absolute Gasteiger partial charge is 0.243 e. The van der Waals surface area contributed by atoms with Gasteiger partial charge in [-0.15, -0.1) is 0 Å². The van der Waals surface area contributed by atoms with Crippen molar-refractivity contribution in [3.63, 3.8) is 0 Å². The van der Waals surface area contributed by atoms with Gasteiger partial charge in [-0.05, 0) is 24.1 Å². The van der Waals surface area contributed by atoms with Gasteiger partial charge in [0, 0.05) is 25.7 Å². The Kier molecular flexibility index (Phi) is 5.13. The highest BCUT2D eigenvalue weighted by atomic mass is 32.2. The predicted octanol–water partition coefficient (Wildman–Crippen LogP) is 2.27. The zero-order chi connectivity index (χ0) is 15.5. The van der Waals surface area contributed by atoms with E-state index in [1.54, 1.807) is 0 Å². The van der Waals surface area contributed by atoms with E-state index in [0.29, 0.717) is 31.6 Å². The van der Waals surface area contributed by atoms with Crippen LogP contribution >= 0.6 is 0 Å². The first-order chi connectivity index (χ1) is 9.91. The van der Waals surface area contributed by atoms with Crippen molar-refractivity contribution in [2.45, 2.75) is 37.8 Å². The third-order valence-electron chi connectivity index (χ3n) is 3.37. The van der Waals surface area contributed by atoms with Crippen molar-refractivity contribution in [2.24, 2.45) is 0 Å². The first-order valence-electron chi connectivity index (χ1n) is 7.08. The summed E-state index contributed by atoms with van der Waals surface area (Å²) in [6, 6.07) is 4.18. The van der Waals surface area contributed by atoms with E-state index in [9.17, 15) is 12.8 Å². The molecule has 1 aliphatic rings. The van der Waals surface area contributed by atoms with Crippen molar-refractivity contribution < 1.29 is 12.8 Å². The fourth-order valence-electron chi connectivity index (χ4n) is 2.21. The lowest BCUT2D eigenvalue weighted by Crippen LogP contribution is -2.35. The molecule has 1 aliphatic heterocycles. The van der Waals surface area contributed by atoms with Crippen molar-refractivity contribution in [2.75, 3.05) is 13.1 Å². The quantitative estimate of drug-likeness (QED) is 0.849. The molecule has 6 heteroatoms. The van der Waals surface area contributed by atoms with Crippen LogP contribution in [0.25, 0.3) is 0 Å². The largest absolute Gasteiger partial charge is 0.310 e. The van der Waals surface area contributed by atoms with Gasteiger partial charge in [0.05, 0.1) is 4.90 Å². The van der Waals surface area contributed by atoms with Gasteiger partial charge in [0.25, 0.3) is 0 Å². The third-order valence-corrected chi connectivity index (χ3v) is 5.32. The van der Waals surface area contributed by atoms with Gasteiger partial charge in [-0.1, -0.05) is 32.1 Å². The Bertz CT molecular complexity index is 627. The summed E-state index contributed by atoms with van der Waals surface area (Å²) in [5.74, 6) is -0.533. The Labute approximate surface area is 125 Å². The Morgan fingerprint density at radius 1 is 1.33 bits per heavy atom. The topological polar surface area (TPSA) is 49.4 Å². The monoisotopic (exact) mass is 312 g/mol. The lowest BCUT2D eigenvalue weighted by atomic mass is 10.2. The molecule has 1 aromatic rings. The second kappa shape index (κ2) is 6.68. The maximum atomic E-state index is 13.5. The Morgan fingerprint density at radius 3 is 2.71 bits per heavy atom. The minimum atomic E-state index is -3.66. The van der Waals surface area contributed by atoms with Crippen LogP contribution in [0, 0.1) is 5.82 Å². The minimum Gasteiger partial charge on any atom is -0.310 e. The molecule has 0 spiro atoms.